The lowest BCUT2D eigenvalue weighted by Gasteiger charge is -2.10. The van der Waals surface area contributed by atoms with Gasteiger partial charge in [-0.3, -0.25) is 9.89 Å². The Morgan fingerprint density at radius 2 is 2.14 bits per heavy atom. The second-order valence-corrected chi connectivity index (χ2v) is 4.07. The summed E-state index contributed by atoms with van der Waals surface area (Å²) in [5, 5.41) is 17.3. The number of nitrogens with one attached hydrogen (secondary N) is 2. The average Bonchev–Trinajstić information content (AvgIpc) is 2.84. The van der Waals surface area contributed by atoms with Crippen LogP contribution in [0.4, 0.5) is 18.9 Å². The topological polar surface area (TPSA) is 94.5 Å². The van der Waals surface area contributed by atoms with Gasteiger partial charge >= 0.3 is 6.18 Å². The quantitative estimate of drug-likeness (QED) is 0.888. The standard InChI is InChI=1S/C12H8F3N5O/c1-6-17-10(20-19-6)11(21)18-9-3-2-8(12(13,14)15)4-7(9)5-16/h2-4H,1H3,(H,18,21)(H,17,19,20). The van der Waals surface area contributed by atoms with E-state index in [0.29, 0.717) is 11.9 Å². The van der Waals surface area contributed by atoms with Gasteiger partial charge in [0.15, 0.2) is 0 Å². The number of carbonyl (C=O) groups is 1. The first-order chi connectivity index (χ1) is 9.81. The van der Waals surface area contributed by atoms with E-state index in [9.17, 15) is 18.0 Å². The molecule has 0 unspecified atom stereocenters. The molecule has 2 aromatic rings. The van der Waals surface area contributed by atoms with Crippen LogP contribution in [-0.4, -0.2) is 21.1 Å². The molecule has 0 atom stereocenters. The number of H-pyrrole nitrogens is 1. The van der Waals surface area contributed by atoms with Gasteiger partial charge in [0.2, 0.25) is 5.82 Å². The lowest BCUT2D eigenvalue weighted by Crippen LogP contribution is -2.15. The molecule has 1 amide bonds. The molecule has 21 heavy (non-hydrogen) atoms. The number of hydrogen-bond acceptors (Lipinski definition) is 4. The molecule has 1 aromatic carbocycles. The highest BCUT2D eigenvalue weighted by Gasteiger charge is 2.31. The largest absolute Gasteiger partial charge is 0.416 e. The molecule has 0 aliphatic rings. The minimum atomic E-state index is -4.56. The third-order valence-corrected chi connectivity index (χ3v) is 2.52. The predicted octanol–water partition coefficient (Wildman–Crippen LogP) is 2.26. The van der Waals surface area contributed by atoms with Crippen molar-refractivity contribution < 1.29 is 18.0 Å². The number of alkyl halides is 3. The number of aromatic amines is 1. The number of hydrogen-bond donors (Lipinski definition) is 2. The highest BCUT2D eigenvalue weighted by atomic mass is 19.4. The van der Waals surface area contributed by atoms with Crippen molar-refractivity contribution in [3.63, 3.8) is 0 Å². The van der Waals surface area contributed by atoms with Gasteiger partial charge in [0.1, 0.15) is 11.9 Å². The van der Waals surface area contributed by atoms with Crippen LogP contribution in [0.25, 0.3) is 0 Å². The normalized spacial score (nSPS) is 11.0. The van der Waals surface area contributed by atoms with E-state index >= 15 is 0 Å². The summed E-state index contributed by atoms with van der Waals surface area (Å²) in [6.45, 7) is 1.59. The molecule has 9 heteroatoms. The van der Waals surface area contributed by atoms with Gasteiger partial charge in [-0.1, -0.05) is 0 Å². The lowest BCUT2D eigenvalue weighted by atomic mass is 10.1. The Kier molecular flexibility index (Phi) is 3.62. The van der Waals surface area contributed by atoms with Crippen LogP contribution in [-0.2, 0) is 6.18 Å². The number of aromatic nitrogens is 3. The Hall–Kier alpha value is -2.89. The number of anilines is 1. The molecule has 0 fully saturated rings. The van der Waals surface area contributed by atoms with Gasteiger partial charge in [-0.15, -0.1) is 5.10 Å². The minimum absolute atomic E-state index is 0.0436. The number of nitrogens with zero attached hydrogens (tertiary/aromatic N) is 3. The van der Waals surface area contributed by atoms with E-state index in [2.05, 4.69) is 20.5 Å². The van der Waals surface area contributed by atoms with Gasteiger partial charge in [0, 0.05) is 0 Å². The monoisotopic (exact) mass is 295 g/mol. The number of carbonyl (C=O) groups excluding carboxylic acids is 1. The molecular formula is C12H8F3N5O. The smallest absolute Gasteiger partial charge is 0.318 e. The van der Waals surface area contributed by atoms with Crippen molar-refractivity contribution in [1.29, 1.82) is 5.26 Å². The second kappa shape index (κ2) is 5.24. The van der Waals surface area contributed by atoms with Gasteiger partial charge in [-0.25, -0.2) is 4.98 Å². The maximum atomic E-state index is 12.5. The molecule has 0 saturated carbocycles. The van der Waals surface area contributed by atoms with Crippen LogP contribution < -0.4 is 5.32 Å². The third kappa shape index (κ3) is 3.17. The van der Waals surface area contributed by atoms with E-state index in [1.165, 1.54) is 0 Å². The molecule has 0 spiro atoms. The first-order valence-corrected chi connectivity index (χ1v) is 5.63. The van der Waals surface area contributed by atoms with Crippen molar-refractivity contribution >= 4 is 11.6 Å². The SMILES string of the molecule is Cc1nc(C(=O)Nc2ccc(C(F)(F)F)cc2C#N)n[nH]1. The van der Waals surface area contributed by atoms with Crippen LogP contribution in [0.1, 0.15) is 27.6 Å². The zero-order valence-electron chi connectivity index (χ0n) is 10.6. The van der Waals surface area contributed by atoms with Crippen LogP contribution in [0.2, 0.25) is 0 Å². The maximum Gasteiger partial charge on any atom is 0.416 e. The summed E-state index contributed by atoms with van der Waals surface area (Å²) in [7, 11) is 0. The van der Waals surface area contributed by atoms with Crippen molar-refractivity contribution in [2.45, 2.75) is 13.1 Å². The van der Waals surface area contributed by atoms with E-state index in [-0.39, 0.29) is 17.1 Å². The Morgan fingerprint density at radius 3 is 2.67 bits per heavy atom. The Morgan fingerprint density at radius 1 is 1.43 bits per heavy atom. The van der Waals surface area contributed by atoms with Gasteiger partial charge in [0.05, 0.1) is 16.8 Å². The zero-order valence-corrected chi connectivity index (χ0v) is 10.6. The van der Waals surface area contributed by atoms with Crippen LogP contribution in [0.5, 0.6) is 0 Å². The molecule has 0 aliphatic heterocycles. The number of nitriles is 1. The minimum Gasteiger partial charge on any atom is -0.318 e. The molecule has 0 saturated heterocycles. The molecule has 1 heterocycles. The van der Waals surface area contributed by atoms with Crippen LogP contribution in [0.3, 0.4) is 0 Å². The predicted molar refractivity (Wildman–Crippen MR) is 65.2 cm³/mol. The van der Waals surface area contributed by atoms with E-state index in [4.69, 9.17) is 5.26 Å². The third-order valence-electron chi connectivity index (χ3n) is 2.52. The number of aryl methyl sites for hydroxylation is 1. The molecule has 0 radical (unpaired) electrons. The number of benzene rings is 1. The number of amides is 1. The molecule has 0 aliphatic carbocycles. The lowest BCUT2D eigenvalue weighted by molar-refractivity contribution is -0.137. The fourth-order valence-corrected chi connectivity index (χ4v) is 1.54. The van der Waals surface area contributed by atoms with Crippen molar-refractivity contribution in [3.05, 3.63) is 41.0 Å². The summed E-state index contributed by atoms with van der Waals surface area (Å²) in [5.41, 5.74) is -1.31. The Bertz CT molecular complexity index is 729. The van der Waals surface area contributed by atoms with Crippen molar-refractivity contribution in [2.75, 3.05) is 5.32 Å². The summed E-state index contributed by atoms with van der Waals surface area (Å²) in [4.78, 5) is 15.6. The summed E-state index contributed by atoms with van der Waals surface area (Å²) >= 11 is 0. The molecular weight excluding hydrogens is 287 g/mol. The van der Waals surface area contributed by atoms with Crippen molar-refractivity contribution in [2.24, 2.45) is 0 Å². The molecule has 108 valence electrons. The molecule has 6 nitrogen and oxygen atoms in total. The van der Waals surface area contributed by atoms with Crippen molar-refractivity contribution in [3.8, 4) is 6.07 Å². The number of rotatable bonds is 2. The van der Waals surface area contributed by atoms with Crippen LogP contribution in [0.15, 0.2) is 18.2 Å². The summed E-state index contributed by atoms with van der Waals surface area (Å²) in [6, 6.07) is 4.06. The molecule has 2 rings (SSSR count). The average molecular weight is 295 g/mol. The fraction of sp³-hybridized carbons (Fsp3) is 0.167. The molecule has 0 bridgehead atoms. The fourth-order valence-electron chi connectivity index (χ4n) is 1.54. The first kappa shape index (κ1) is 14.5. The van der Waals surface area contributed by atoms with Gasteiger partial charge in [-0.2, -0.15) is 18.4 Å². The van der Waals surface area contributed by atoms with Gasteiger partial charge in [0.25, 0.3) is 5.91 Å². The molecule has 2 N–H and O–H groups in total. The highest BCUT2D eigenvalue weighted by molar-refractivity contribution is 6.02. The summed E-state index contributed by atoms with van der Waals surface area (Å²) < 4.78 is 37.6. The summed E-state index contributed by atoms with van der Waals surface area (Å²) in [5.74, 6) is -0.486. The summed E-state index contributed by atoms with van der Waals surface area (Å²) in [6.07, 6.45) is -4.56. The number of halogens is 3. The Balaban J connectivity index is 2.29. The molecule has 1 aromatic heterocycles. The van der Waals surface area contributed by atoms with Crippen LogP contribution >= 0.6 is 0 Å². The van der Waals surface area contributed by atoms with E-state index < -0.39 is 17.6 Å². The second-order valence-electron chi connectivity index (χ2n) is 4.07. The van der Waals surface area contributed by atoms with Gasteiger partial charge < -0.3 is 5.32 Å². The first-order valence-electron chi connectivity index (χ1n) is 5.63. The van der Waals surface area contributed by atoms with E-state index in [0.717, 1.165) is 12.1 Å². The Labute approximate surface area is 116 Å². The maximum absolute atomic E-state index is 12.5. The van der Waals surface area contributed by atoms with E-state index in [1.807, 2.05) is 0 Å². The van der Waals surface area contributed by atoms with Crippen molar-refractivity contribution in [1.82, 2.24) is 15.2 Å². The van der Waals surface area contributed by atoms with E-state index in [1.54, 1.807) is 13.0 Å². The van der Waals surface area contributed by atoms with Crippen LogP contribution in [0, 0.1) is 18.3 Å². The van der Waals surface area contributed by atoms with Gasteiger partial charge in [-0.05, 0) is 25.1 Å². The zero-order chi connectivity index (χ0) is 15.6. The highest BCUT2D eigenvalue weighted by Crippen LogP contribution is 2.31.